The number of rotatable bonds is 4. The minimum atomic E-state index is -1.05. The molecule has 1 aromatic heterocycles. The Morgan fingerprint density at radius 2 is 2.10 bits per heavy atom. The zero-order valence-corrected chi connectivity index (χ0v) is 13.1. The fourth-order valence-electron chi connectivity index (χ4n) is 2.43. The van der Waals surface area contributed by atoms with E-state index in [1.54, 1.807) is 0 Å². The first-order valence-corrected chi connectivity index (χ1v) is 7.96. The summed E-state index contributed by atoms with van der Waals surface area (Å²) in [4.78, 5) is 26.5. The molecule has 0 atom stereocenters. The second kappa shape index (κ2) is 6.43. The number of carboxylic acid groups (broad SMARTS) is 1. The van der Waals surface area contributed by atoms with Crippen molar-refractivity contribution in [3.05, 3.63) is 16.1 Å². The number of amides is 2. The predicted octanol–water partition coefficient (Wildman–Crippen LogP) is 2.61. The SMILES string of the molecule is CC1(C)CCC(NC(=O)NCc2nc(C(=O)O)cs2)CC1. The fourth-order valence-corrected chi connectivity index (χ4v) is 3.13. The maximum Gasteiger partial charge on any atom is 0.355 e. The lowest BCUT2D eigenvalue weighted by Crippen LogP contribution is -2.44. The molecule has 0 bridgehead atoms. The number of thiazole rings is 1. The van der Waals surface area contributed by atoms with Crippen LogP contribution < -0.4 is 10.6 Å². The van der Waals surface area contributed by atoms with Crippen LogP contribution in [0.15, 0.2) is 5.38 Å². The van der Waals surface area contributed by atoms with E-state index in [4.69, 9.17) is 5.11 Å². The number of carbonyl (C=O) groups is 2. The number of carboxylic acids is 1. The van der Waals surface area contributed by atoms with Gasteiger partial charge in [-0.25, -0.2) is 14.6 Å². The van der Waals surface area contributed by atoms with Crippen LogP contribution in [0.3, 0.4) is 0 Å². The molecular weight excluding hydrogens is 290 g/mol. The third-order valence-corrected chi connectivity index (χ3v) is 4.69. The van der Waals surface area contributed by atoms with Gasteiger partial charge in [-0.15, -0.1) is 11.3 Å². The van der Waals surface area contributed by atoms with Crippen molar-refractivity contribution in [3.63, 3.8) is 0 Å². The average Bonchev–Trinajstić information content (AvgIpc) is 2.88. The molecule has 1 aliphatic carbocycles. The Labute approximate surface area is 128 Å². The van der Waals surface area contributed by atoms with E-state index in [1.165, 1.54) is 16.7 Å². The Hall–Kier alpha value is -1.63. The smallest absolute Gasteiger partial charge is 0.355 e. The van der Waals surface area contributed by atoms with Crippen LogP contribution >= 0.6 is 11.3 Å². The number of aromatic nitrogens is 1. The standard InChI is InChI=1S/C14H21N3O3S/c1-14(2)5-3-9(4-6-14)16-13(20)15-7-11-17-10(8-21-11)12(18)19/h8-9H,3-7H2,1-2H3,(H,18,19)(H2,15,16,20). The van der Waals surface area contributed by atoms with Crippen LogP contribution in [0, 0.1) is 5.41 Å². The molecule has 1 fully saturated rings. The van der Waals surface area contributed by atoms with Gasteiger partial charge in [-0.3, -0.25) is 0 Å². The zero-order chi connectivity index (χ0) is 15.5. The van der Waals surface area contributed by atoms with Gasteiger partial charge in [0.1, 0.15) is 5.01 Å². The van der Waals surface area contributed by atoms with Crippen LogP contribution in [0.25, 0.3) is 0 Å². The molecule has 0 aliphatic heterocycles. The van der Waals surface area contributed by atoms with Crippen molar-refractivity contribution in [2.24, 2.45) is 5.41 Å². The molecule has 1 heterocycles. The lowest BCUT2D eigenvalue weighted by atomic mass is 9.76. The van der Waals surface area contributed by atoms with Crippen LogP contribution in [0.5, 0.6) is 0 Å². The van der Waals surface area contributed by atoms with E-state index in [-0.39, 0.29) is 24.3 Å². The van der Waals surface area contributed by atoms with E-state index in [2.05, 4.69) is 29.5 Å². The minimum absolute atomic E-state index is 0.0201. The first-order valence-electron chi connectivity index (χ1n) is 7.08. The molecular formula is C14H21N3O3S. The van der Waals surface area contributed by atoms with Gasteiger partial charge in [0.2, 0.25) is 0 Å². The molecule has 0 unspecified atom stereocenters. The quantitative estimate of drug-likeness (QED) is 0.797. The van der Waals surface area contributed by atoms with Gasteiger partial charge in [0.15, 0.2) is 5.69 Å². The van der Waals surface area contributed by atoms with Crippen LogP contribution in [-0.2, 0) is 6.54 Å². The van der Waals surface area contributed by atoms with E-state index >= 15 is 0 Å². The molecule has 6 nitrogen and oxygen atoms in total. The number of carbonyl (C=O) groups excluding carboxylic acids is 1. The van der Waals surface area contributed by atoms with Crippen molar-refractivity contribution in [1.82, 2.24) is 15.6 Å². The molecule has 1 aliphatic rings. The van der Waals surface area contributed by atoms with Gasteiger partial charge < -0.3 is 15.7 Å². The molecule has 0 saturated heterocycles. The molecule has 1 saturated carbocycles. The molecule has 116 valence electrons. The Kier molecular flexibility index (Phi) is 4.82. The van der Waals surface area contributed by atoms with Gasteiger partial charge in [-0.05, 0) is 31.1 Å². The van der Waals surface area contributed by atoms with Crippen LogP contribution in [0.2, 0.25) is 0 Å². The van der Waals surface area contributed by atoms with Crippen molar-refractivity contribution < 1.29 is 14.7 Å². The summed E-state index contributed by atoms with van der Waals surface area (Å²) in [5.41, 5.74) is 0.398. The molecule has 1 aromatic rings. The van der Waals surface area contributed by atoms with E-state index in [0.29, 0.717) is 10.4 Å². The molecule has 0 radical (unpaired) electrons. The van der Waals surface area contributed by atoms with E-state index in [9.17, 15) is 9.59 Å². The maximum atomic E-state index is 11.8. The molecule has 0 aromatic carbocycles. The maximum absolute atomic E-state index is 11.8. The number of hydrogen-bond donors (Lipinski definition) is 3. The lowest BCUT2D eigenvalue weighted by molar-refractivity contribution is 0.0691. The Bertz CT molecular complexity index is 517. The summed E-state index contributed by atoms with van der Waals surface area (Å²) in [5.74, 6) is -1.05. The topological polar surface area (TPSA) is 91.3 Å². The summed E-state index contributed by atoms with van der Waals surface area (Å²) in [6.45, 7) is 4.76. The number of hydrogen-bond acceptors (Lipinski definition) is 4. The molecule has 3 N–H and O–H groups in total. The van der Waals surface area contributed by atoms with E-state index in [1.807, 2.05) is 0 Å². The number of aromatic carboxylic acids is 1. The van der Waals surface area contributed by atoms with Crippen molar-refractivity contribution in [1.29, 1.82) is 0 Å². The summed E-state index contributed by atoms with van der Waals surface area (Å²) < 4.78 is 0. The van der Waals surface area contributed by atoms with Gasteiger partial charge in [0.05, 0.1) is 6.54 Å². The van der Waals surface area contributed by atoms with Gasteiger partial charge in [-0.2, -0.15) is 0 Å². The largest absolute Gasteiger partial charge is 0.476 e. The summed E-state index contributed by atoms with van der Waals surface area (Å²) in [5, 5.41) is 16.5. The predicted molar refractivity (Wildman–Crippen MR) is 80.5 cm³/mol. The van der Waals surface area contributed by atoms with Gasteiger partial charge in [0, 0.05) is 11.4 Å². The summed E-state index contributed by atoms with van der Waals surface area (Å²) >= 11 is 1.23. The van der Waals surface area contributed by atoms with Crippen LogP contribution in [0.4, 0.5) is 4.79 Å². The van der Waals surface area contributed by atoms with Gasteiger partial charge in [-0.1, -0.05) is 13.8 Å². The first-order chi connectivity index (χ1) is 9.85. The third kappa shape index (κ3) is 4.70. The van der Waals surface area contributed by atoms with Crippen LogP contribution in [-0.4, -0.2) is 28.1 Å². The molecule has 0 spiro atoms. The second-order valence-corrected chi connectivity index (χ2v) is 7.14. The Morgan fingerprint density at radius 3 is 2.67 bits per heavy atom. The molecule has 2 amide bonds. The summed E-state index contributed by atoms with van der Waals surface area (Å²) in [7, 11) is 0. The first kappa shape index (κ1) is 15.8. The normalized spacial score (nSPS) is 18.2. The minimum Gasteiger partial charge on any atom is -0.476 e. The van der Waals surface area contributed by atoms with Gasteiger partial charge >= 0.3 is 12.0 Å². The molecule has 2 rings (SSSR count). The number of nitrogens with one attached hydrogen (secondary N) is 2. The summed E-state index contributed by atoms with van der Waals surface area (Å²) in [6.07, 6.45) is 4.24. The van der Waals surface area contributed by atoms with Gasteiger partial charge in [0.25, 0.3) is 0 Å². The van der Waals surface area contributed by atoms with Crippen molar-refractivity contribution >= 4 is 23.3 Å². The molecule has 7 heteroatoms. The third-order valence-electron chi connectivity index (χ3n) is 3.85. The van der Waals surface area contributed by atoms with Crippen molar-refractivity contribution in [3.8, 4) is 0 Å². The van der Waals surface area contributed by atoms with E-state index in [0.717, 1.165) is 25.7 Å². The van der Waals surface area contributed by atoms with Crippen molar-refractivity contribution in [2.45, 2.75) is 52.1 Å². The van der Waals surface area contributed by atoms with Crippen molar-refractivity contribution in [2.75, 3.05) is 0 Å². The van der Waals surface area contributed by atoms with Crippen LogP contribution in [0.1, 0.15) is 55.0 Å². The Balaban J connectivity index is 1.73. The second-order valence-electron chi connectivity index (χ2n) is 6.20. The number of urea groups is 1. The number of nitrogens with zero attached hydrogens (tertiary/aromatic N) is 1. The zero-order valence-electron chi connectivity index (χ0n) is 12.3. The summed E-state index contributed by atoms with van der Waals surface area (Å²) in [6, 6.07) is 0.00989. The highest BCUT2D eigenvalue weighted by molar-refractivity contribution is 7.09. The highest BCUT2D eigenvalue weighted by Crippen LogP contribution is 2.34. The average molecular weight is 311 g/mol. The molecule has 21 heavy (non-hydrogen) atoms. The highest BCUT2D eigenvalue weighted by atomic mass is 32.1. The highest BCUT2D eigenvalue weighted by Gasteiger charge is 2.27. The monoisotopic (exact) mass is 311 g/mol. The Morgan fingerprint density at radius 1 is 1.43 bits per heavy atom. The fraction of sp³-hybridized carbons (Fsp3) is 0.643. The van der Waals surface area contributed by atoms with E-state index < -0.39 is 5.97 Å². The lowest BCUT2D eigenvalue weighted by Gasteiger charge is -2.34.